The first-order valence-electron chi connectivity index (χ1n) is 6.65. The lowest BCUT2D eigenvalue weighted by atomic mass is 10.1. The van der Waals surface area contributed by atoms with Crippen molar-refractivity contribution >= 4 is 27.5 Å². The lowest BCUT2D eigenvalue weighted by Gasteiger charge is -2.40. The van der Waals surface area contributed by atoms with Gasteiger partial charge in [0.2, 0.25) is 0 Å². The van der Waals surface area contributed by atoms with Crippen molar-refractivity contribution in [2.45, 2.75) is 32.6 Å². The molecule has 0 amide bonds. The fraction of sp³-hybridized carbons (Fsp3) is 0.538. The number of hydrogen-bond acceptors (Lipinski definition) is 2. The van der Waals surface area contributed by atoms with Gasteiger partial charge >= 0.3 is 16.4 Å². The molecule has 2 rings (SSSR count). The third-order valence-corrected chi connectivity index (χ3v) is 5.67. The number of hydrogen-bond donors (Lipinski definition) is 0. The number of para-hydroxylation sites is 1. The van der Waals surface area contributed by atoms with E-state index in [-0.39, 0.29) is 30.7 Å². The maximum atomic E-state index is 13.2. The molecule has 0 fully saturated rings. The van der Waals surface area contributed by atoms with Crippen LogP contribution in [0.5, 0.6) is 0 Å². The normalized spacial score (nSPS) is 18.6. The molecule has 1 aromatic rings. The standard InChI is InChI=1S/C13H16ClF3N2O2S/c1-9(2)19-8-10-4-3-5-11(13(15,16)17)12(10)18(7-6-14)22(19,20)21/h3-5,9H,6-8H2,1-2H3. The van der Waals surface area contributed by atoms with E-state index >= 15 is 0 Å². The number of alkyl halides is 4. The third kappa shape index (κ3) is 2.91. The molecule has 0 bridgehead atoms. The zero-order chi connectivity index (χ0) is 16.7. The summed E-state index contributed by atoms with van der Waals surface area (Å²) < 4.78 is 66.8. The summed E-state index contributed by atoms with van der Waals surface area (Å²) in [5.74, 6) is -0.100. The molecule has 124 valence electrons. The average Bonchev–Trinajstić information content (AvgIpc) is 2.39. The highest BCUT2D eigenvalue weighted by molar-refractivity contribution is 7.90. The minimum atomic E-state index is -4.63. The maximum absolute atomic E-state index is 13.2. The molecule has 9 heteroatoms. The molecule has 22 heavy (non-hydrogen) atoms. The quantitative estimate of drug-likeness (QED) is 0.780. The van der Waals surface area contributed by atoms with Crippen LogP contribution in [0.1, 0.15) is 25.0 Å². The van der Waals surface area contributed by atoms with Crippen molar-refractivity contribution in [3.8, 4) is 0 Å². The van der Waals surface area contributed by atoms with Crippen molar-refractivity contribution in [1.82, 2.24) is 4.31 Å². The molecule has 0 saturated heterocycles. The molecule has 0 radical (unpaired) electrons. The molecule has 4 nitrogen and oxygen atoms in total. The Labute approximate surface area is 132 Å². The van der Waals surface area contributed by atoms with Gasteiger partial charge < -0.3 is 0 Å². The minimum absolute atomic E-state index is 0.0853. The number of anilines is 1. The zero-order valence-electron chi connectivity index (χ0n) is 12.1. The van der Waals surface area contributed by atoms with E-state index in [1.807, 2.05) is 0 Å². The Morgan fingerprint density at radius 3 is 2.45 bits per heavy atom. The van der Waals surface area contributed by atoms with Gasteiger partial charge in [0.05, 0.1) is 11.3 Å². The highest BCUT2D eigenvalue weighted by Gasteiger charge is 2.44. The van der Waals surface area contributed by atoms with Crippen LogP contribution in [0.2, 0.25) is 0 Å². The van der Waals surface area contributed by atoms with Crippen molar-refractivity contribution < 1.29 is 21.6 Å². The molecule has 0 aromatic heterocycles. The molecule has 0 aliphatic carbocycles. The Balaban J connectivity index is 2.71. The predicted octanol–water partition coefficient (Wildman–Crippen LogP) is 3.22. The maximum Gasteiger partial charge on any atom is 0.418 e. The number of fused-ring (bicyclic) bond motifs is 1. The van der Waals surface area contributed by atoms with Crippen molar-refractivity contribution in [2.75, 3.05) is 16.7 Å². The van der Waals surface area contributed by atoms with Gasteiger partial charge in [-0.15, -0.1) is 11.6 Å². The summed E-state index contributed by atoms with van der Waals surface area (Å²) in [7, 11) is -4.04. The average molecular weight is 357 g/mol. The molecular weight excluding hydrogens is 341 g/mol. The topological polar surface area (TPSA) is 40.6 Å². The van der Waals surface area contributed by atoms with Gasteiger partial charge in [0.25, 0.3) is 0 Å². The number of halogens is 4. The highest BCUT2D eigenvalue weighted by Crippen LogP contribution is 2.43. The summed E-state index contributed by atoms with van der Waals surface area (Å²) in [6.45, 7) is 3.05. The van der Waals surface area contributed by atoms with Crippen LogP contribution >= 0.6 is 11.6 Å². The van der Waals surface area contributed by atoms with E-state index in [4.69, 9.17) is 11.6 Å². The zero-order valence-corrected chi connectivity index (χ0v) is 13.6. The molecule has 1 aromatic carbocycles. The van der Waals surface area contributed by atoms with Gasteiger partial charge in [0, 0.05) is 25.0 Å². The van der Waals surface area contributed by atoms with Crippen molar-refractivity contribution in [3.05, 3.63) is 29.3 Å². The van der Waals surface area contributed by atoms with Crippen molar-refractivity contribution in [3.63, 3.8) is 0 Å². The second kappa shape index (κ2) is 5.90. The molecular formula is C13H16ClF3N2O2S. The summed E-state index contributed by atoms with van der Waals surface area (Å²) in [6.07, 6.45) is -4.63. The Hall–Kier alpha value is -0.990. The molecule has 1 aliphatic rings. The molecule has 0 unspecified atom stereocenters. The van der Waals surface area contributed by atoms with Gasteiger partial charge in [-0.2, -0.15) is 25.9 Å². The molecule has 1 aliphatic heterocycles. The largest absolute Gasteiger partial charge is 0.418 e. The van der Waals surface area contributed by atoms with Crippen LogP contribution in [0, 0.1) is 0 Å². The van der Waals surface area contributed by atoms with Crippen molar-refractivity contribution in [2.24, 2.45) is 0 Å². The molecule has 0 atom stereocenters. The molecule has 0 N–H and O–H groups in total. The lowest BCUT2D eigenvalue weighted by molar-refractivity contribution is -0.137. The first-order valence-corrected chi connectivity index (χ1v) is 8.58. The lowest BCUT2D eigenvalue weighted by Crippen LogP contribution is -2.51. The van der Waals surface area contributed by atoms with Gasteiger partial charge in [0.15, 0.2) is 0 Å². The van der Waals surface area contributed by atoms with E-state index in [0.29, 0.717) is 5.56 Å². The number of benzene rings is 1. The molecule has 0 spiro atoms. The van der Waals surface area contributed by atoms with Gasteiger partial charge in [-0.3, -0.25) is 4.31 Å². The van der Waals surface area contributed by atoms with Crippen LogP contribution in [-0.2, 0) is 22.9 Å². The highest BCUT2D eigenvalue weighted by atomic mass is 35.5. The van der Waals surface area contributed by atoms with E-state index in [1.165, 1.54) is 16.4 Å². The third-order valence-electron chi connectivity index (χ3n) is 3.44. The summed E-state index contributed by atoms with van der Waals surface area (Å²) in [5, 5.41) is 0. The van der Waals surface area contributed by atoms with E-state index < -0.39 is 21.9 Å². The van der Waals surface area contributed by atoms with Crippen molar-refractivity contribution in [1.29, 1.82) is 0 Å². The van der Waals surface area contributed by atoms with E-state index in [1.54, 1.807) is 13.8 Å². The Morgan fingerprint density at radius 1 is 1.32 bits per heavy atom. The summed E-state index contributed by atoms with van der Waals surface area (Å²) >= 11 is 5.62. The van der Waals surface area contributed by atoms with Crippen LogP contribution < -0.4 is 4.31 Å². The molecule has 1 heterocycles. The van der Waals surface area contributed by atoms with Crippen LogP contribution in [0.3, 0.4) is 0 Å². The van der Waals surface area contributed by atoms with E-state index in [9.17, 15) is 21.6 Å². The van der Waals surface area contributed by atoms with E-state index in [0.717, 1.165) is 10.4 Å². The number of rotatable bonds is 3. The Bertz CT molecular complexity index is 662. The SMILES string of the molecule is CC(C)N1Cc2cccc(C(F)(F)F)c2N(CCCl)S1(=O)=O. The number of nitrogens with zero attached hydrogens (tertiary/aromatic N) is 2. The Morgan fingerprint density at radius 2 is 1.95 bits per heavy atom. The van der Waals surface area contributed by atoms with Gasteiger partial charge in [-0.1, -0.05) is 12.1 Å². The van der Waals surface area contributed by atoms with E-state index in [2.05, 4.69) is 0 Å². The Kier molecular flexibility index (Phi) is 4.66. The first-order chi connectivity index (χ1) is 10.1. The van der Waals surface area contributed by atoms with Crippen LogP contribution in [0.25, 0.3) is 0 Å². The van der Waals surface area contributed by atoms with Crippen LogP contribution in [-0.4, -0.2) is 31.2 Å². The smallest absolute Gasteiger partial charge is 0.255 e. The van der Waals surface area contributed by atoms with Gasteiger partial charge in [0.1, 0.15) is 0 Å². The fourth-order valence-electron chi connectivity index (χ4n) is 2.49. The minimum Gasteiger partial charge on any atom is -0.255 e. The second-order valence-corrected chi connectivity index (χ2v) is 7.40. The summed E-state index contributed by atoms with van der Waals surface area (Å²) in [4.78, 5) is 0. The van der Waals surface area contributed by atoms with Crippen LogP contribution in [0.15, 0.2) is 18.2 Å². The van der Waals surface area contributed by atoms with Crippen LogP contribution in [0.4, 0.5) is 18.9 Å². The molecule has 0 saturated carbocycles. The first kappa shape index (κ1) is 17.4. The fourth-order valence-corrected chi connectivity index (χ4v) is 4.61. The van der Waals surface area contributed by atoms with Gasteiger partial charge in [-0.05, 0) is 25.5 Å². The monoisotopic (exact) mass is 356 g/mol. The predicted molar refractivity (Wildman–Crippen MR) is 79.1 cm³/mol. The van der Waals surface area contributed by atoms with Gasteiger partial charge in [-0.25, -0.2) is 0 Å². The summed E-state index contributed by atoms with van der Waals surface area (Å²) in [6, 6.07) is 3.32. The summed E-state index contributed by atoms with van der Waals surface area (Å²) in [5.41, 5.74) is -0.946. The second-order valence-electron chi connectivity index (χ2n) is 5.22.